The fourth-order valence-corrected chi connectivity index (χ4v) is 0.695. The van der Waals surface area contributed by atoms with Crippen molar-refractivity contribution in [1.29, 1.82) is 0 Å². The topological polar surface area (TPSA) is 39.7 Å². The van der Waals surface area contributed by atoms with Gasteiger partial charge in [0, 0.05) is 14.1 Å². The van der Waals surface area contributed by atoms with Gasteiger partial charge in [0.05, 0.1) is 12.2 Å². The molecule has 1 aliphatic rings. The minimum absolute atomic E-state index is 0.788. The molecule has 0 aliphatic carbocycles. The van der Waals surface area contributed by atoms with Gasteiger partial charge in [-0.25, -0.2) is 10.4 Å². The highest BCUT2D eigenvalue weighted by Crippen LogP contribution is 1.94. The van der Waals surface area contributed by atoms with E-state index in [1.165, 1.54) is 0 Å². The predicted molar refractivity (Wildman–Crippen MR) is 40.1 cm³/mol. The fraction of sp³-hybridized carbons (Fsp3) is 0.500. The van der Waals surface area contributed by atoms with Crippen molar-refractivity contribution < 1.29 is 0 Å². The molecule has 55 valence electrons. The number of nitrogens with one attached hydrogen (secondary N) is 2. The lowest BCUT2D eigenvalue weighted by Gasteiger charge is -2.21. The molecule has 0 atom stereocenters. The Balaban J connectivity index is 2.50. The number of hydrogen-bond donors (Lipinski definition) is 2. The molecule has 4 nitrogen and oxygen atoms in total. The van der Waals surface area contributed by atoms with Gasteiger partial charge in [-0.15, -0.1) is 0 Å². The average Bonchev–Trinajstić information content (AvgIpc) is 2.05. The maximum Gasteiger partial charge on any atom is 0.113 e. The Morgan fingerprint density at radius 2 is 2.50 bits per heavy atom. The van der Waals surface area contributed by atoms with E-state index in [2.05, 4.69) is 21.9 Å². The summed E-state index contributed by atoms with van der Waals surface area (Å²) in [6.07, 6.45) is 4.52. The molecule has 0 fully saturated rings. The Bertz CT molecular complexity index is 161. The first-order valence-electron chi connectivity index (χ1n) is 3.13. The number of hydrazine groups is 1. The molecule has 2 N–H and O–H groups in total. The summed E-state index contributed by atoms with van der Waals surface area (Å²) in [5.41, 5.74) is 3.93. The molecule has 1 heterocycles. The lowest BCUT2D eigenvalue weighted by Crippen LogP contribution is -2.38. The number of hydrogen-bond acceptors (Lipinski definition) is 4. The van der Waals surface area contributed by atoms with Gasteiger partial charge in [-0.3, -0.25) is 5.01 Å². The SMILES string of the molecule is CNC1=[C]N=CN(NC)C1. The van der Waals surface area contributed by atoms with Gasteiger partial charge in [0.25, 0.3) is 0 Å². The molecule has 0 aromatic heterocycles. The summed E-state index contributed by atoms with van der Waals surface area (Å²) < 4.78 is 0. The van der Waals surface area contributed by atoms with E-state index in [-0.39, 0.29) is 0 Å². The molecule has 0 saturated carbocycles. The summed E-state index contributed by atoms with van der Waals surface area (Å²) in [6, 6.07) is 0. The summed E-state index contributed by atoms with van der Waals surface area (Å²) in [5.74, 6) is 0. The second-order valence-electron chi connectivity index (χ2n) is 1.94. The van der Waals surface area contributed by atoms with Gasteiger partial charge in [-0.05, 0) is 0 Å². The third kappa shape index (κ3) is 1.48. The van der Waals surface area contributed by atoms with Crippen LogP contribution >= 0.6 is 0 Å². The molecule has 4 heteroatoms. The molecule has 0 bridgehead atoms. The van der Waals surface area contributed by atoms with Gasteiger partial charge in [-0.1, -0.05) is 0 Å². The van der Waals surface area contributed by atoms with Crippen LogP contribution < -0.4 is 10.7 Å². The van der Waals surface area contributed by atoms with E-state index in [9.17, 15) is 0 Å². The first-order chi connectivity index (χ1) is 4.86. The summed E-state index contributed by atoms with van der Waals surface area (Å²) in [6.45, 7) is 0.788. The second kappa shape index (κ2) is 3.22. The van der Waals surface area contributed by atoms with Crippen LogP contribution in [0.4, 0.5) is 0 Å². The highest BCUT2D eigenvalue weighted by Gasteiger charge is 2.03. The van der Waals surface area contributed by atoms with Crippen molar-refractivity contribution in [2.45, 2.75) is 0 Å². The van der Waals surface area contributed by atoms with E-state index in [4.69, 9.17) is 0 Å². The molecule has 0 unspecified atom stereocenters. The molecule has 10 heavy (non-hydrogen) atoms. The zero-order valence-corrected chi connectivity index (χ0v) is 6.18. The number of rotatable bonds is 2. The van der Waals surface area contributed by atoms with Crippen LogP contribution in [0.1, 0.15) is 0 Å². The summed E-state index contributed by atoms with van der Waals surface area (Å²) >= 11 is 0. The summed E-state index contributed by atoms with van der Waals surface area (Å²) in [5, 5.41) is 4.84. The molecular weight excluding hydrogens is 128 g/mol. The third-order valence-corrected chi connectivity index (χ3v) is 1.31. The predicted octanol–water partition coefficient (Wildman–Crippen LogP) is -0.671. The second-order valence-corrected chi connectivity index (χ2v) is 1.94. The summed E-state index contributed by atoms with van der Waals surface area (Å²) in [4.78, 5) is 3.87. The molecule has 0 aromatic rings. The normalized spacial score (nSPS) is 17.0. The van der Waals surface area contributed by atoms with Gasteiger partial charge >= 0.3 is 0 Å². The minimum Gasteiger partial charge on any atom is -0.388 e. The van der Waals surface area contributed by atoms with E-state index in [0.29, 0.717) is 0 Å². The van der Waals surface area contributed by atoms with Gasteiger partial charge in [0.1, 0.15) is 12.5 Å². The van der Waals surface area contributed by atoms with Crippen molar-refractivity contribution in [3.05, 3.63) is 11.9 Å². The van der Waals surface area contributed by atoms with Crippen molar-refractivity contribution in [1.82, 2.24) is 15.8 Å². The van der Waals surface area contributed by atoms with E-state index in [0.717, 1.165) is 12.2 Å². The lowest BCUT2D eigenvalue weighted by atomic mass is 10.4. The van der Waals surface area contributed by atoms with Crippen LogP contribution in [-0.4, -0.2) is 32.0 Å². The zero-order valence-electron chi connectivity index (χ0n) is 6.18. The third-order valence-electron chi connectivity index (χ3n) is 1.31. The maximum atomic E-state index is 3.87. The number of likely N-dealkylation sites (N-methyl/N-ethyl adjacent to an activating group) is 1. The maximum absolute atomic E-state index is 3.87. The van der Waals surface area contributed by atoms with Crippen molar-refractivity contribution in [2.24, 2.45) is 4.99 Å². The highest BCUT2D eigenvalue weighted by molar-refractivity contribution is 5.56. The van der Waals surface area contributed by atoms with Gasteiger partial charge in [-0.2, -0.15) is 0 Å². The van der Waals surface area contributed by atoms with Crippen molar-refractivity contribution >= 4 is 6.34 Å². The van der Waals surface area contributed by atoms with Crippen molar-refractivity contribution in [3.8, 4) is 0 Å². The average molecular weight is 139 g/mol. The van der Waals surface area contributed by atoms with E-state index in [1.54, 1.807) is 6.34 Å². The van der Waals surface area contributed by atoms with E-state index in [1.807, 2.05) is 19.1 Å². The van der Waals surface area contributed by atoms with Gasteiger partial charge in [0.2, 0.25) is 0 Å². The number of aliphatic imine (C=N–C) groups is 1. The fourth-order valence-electron chi connectivity index (χ4n) is 0.695. The van der Waals surface area contributed by atoms with E-state index < -0.39 is 0 Å². The Morgan fingerprint density at radius 1 is 1.70 bits per heavy atom. The molecule has 1 rings (SSSR count). The van der Waals surface area contributed by atoms with Crippen LogP contribution in [0, 0.1) is 6.20 Å². The van der Waals surface area contributed by atoms with Crippen LogP contribution in [-0.2, 0) is 0 Å². The van der Waals surface area contributed by atoms with Gasteiger partial charge in [0.15, 0.2) is 0 Å². The Hall–Kier alpha value is -1.03. The molecule has 0 aromatic carbocycles. The van der Waals surface area contributed by atoms with Crippen LogP contribution in [0.15, 0.2) is 10.7 Å². The van der Waals surface area contributed by atoms with Gasteiger partial charge < -0.3 is 5.32 Å². The highest BCUT2D eigenvalue weighted by atomic mass is 15.5. The quantitative estimate of drug-likeness (QED) is 0.533. The minimum atomic E-state index is 0.788. The lowest BCUT2D eigenvalue weighted by molar-refractivity contribution is 0.364. The molecule has 1 radical (unpaired) electrons. The molecule has 0 spiro atoms. The monoisotopic (exact) mass is 139 g/mol. The van der Waals surface area contributed by atoms with E-state index >= 15 is 0 Å². The van der Waals surface area contributed by atoms with Crippen LogP contribution in [0.2, 0.25) is 0 Å². The molecule has 0 saturated heterocycles. The largest absolute Gasteiger partial charge is 0.388 e. The molecule has 1 aliphatic heterocycles. The first-order valence-corrected chi connectivity index (χ1v) is 3.13. The Labute approximate surface area is 60.6 Å². The van der Waals surface area contributed by atoms with Crippen molar-refractivity contribution in [2.75, 3.05) is 20.6 Å². The smallest absolute Gasteiger partial charge is 0.113 e. The zero-order chi connectivity index (χ0) is 7.40. The van der Waals surface area contributed by atoms with Crippen LogP contribution in [0.3, 0.4) is 0 Å². The Kier molecular flexibility index (Phi) is 2.28. The number of nitrogens with zero attached hydrogens (tertiary/aromatic N) is 2. The summed E-state index contributed by atoms with van der Waals surface area (Å²) in [7, 11) is 3.71. The molecular formula is C6H11N4. The van der Waals surface area contributed by atoms with Crippen LogP contribution in [0.5, 0.6) is 0 Å². The van der Waals surface area contributed by atoms with Crippen molar-refractivity contribution in [3.63, 3.8) is 0 Å². The first kappa shape index (κ1) is 7.08. The molecule has 0 amide bonds. The van der Waals surface area contributed by atoms with Crippen LogP contribution in [0.25, 0.3) is 0 Å². The Morgan fingerprint density at radius 3 is 3.10 bits per heavy atom. The standard InChI is InChI=1S/C6H11N4/c1-7-6-3-9-5-10(4-6)8-2/h5,7-8H,4H2,1-2H3.